The van der Waals surface area contributed by atoms with Crippen LogP contribution in [0.3, 0.4) is 0 Å². The number of piperidine rings is 1. The van der Waals surface area contributed by atoms with Crippen molar-refractivity contribution in [2.24, 2.45) is 0 Å². The van der Waals surface area contributed by atoms with Crippen LogP contribution in [-0.2, 0) is 16.6 Å². The summed E-state index contributed by atoms with van der Waals surface area (Å²) < 4.78 is 24.9. The summed E-state index contributed by atoms with van der Waals surface area (Å²) in [4.78, 5) is 30.1. The van der Waals surface area contributed by atoms with Gasteiger partial charge in [-0.3, -0.25) is 14.5 Å². The van der Waals surface area contributed by atoms with Gasteiger partial charge < -0.3 is 10.2 Å². The largest absolute Gasteiger partial charge is 0.339 e. The van der Waals surface area contributed by atoms with E-state index in [1.807, 2.05) is 35.2 Å². The lowest BCUT2D eigenvalue weighted by Gasteiger charge is -2.33. The second kappa shape index (κ2) is 10.7. The van der Waals surface area contributed by atoms with Crippen LogP contribution in [-0.4, -0.2) is 79.9 Å². The number of sulfonamides is 1. The van der Waals surface area contributed by atoms with Crippen LogP contribution in [0.5, 0.6) is 0 Å². The monoisotopic (exact) mass is 484 g/mol. The Kier molecular flexibility index (Phi) is 7.65. The van der Waals surface area contributed by atoms with Gasteiger partial charge >= 0.3 is 0 Å². The summed E-state index contributed by atoms with van der Waals surface area (Å²) in [6.07, 6.45) is 4.40. The van der Waals surface area contributed by atoms with Gasteiger partial charge in [0.1, 0.15) is 0 Å². The van der Waals surface area contributed by atoms with Gasteiger partial charge in [0.25, 0.3) is 11.8 Å². The van der Waals surface area contributed by atoms with Crippen molar-refractivity contribution in [1.82, 2.24) is 14.1 Å². The van der Waals surface area contributed by atoms with Crippen molar-refractivity contribution in [2.45, 2.75) is 25.8 Å². The van der Waals surface area contributed by atoms with Gasteiger partial charge in [-0.05, 0) is 49.1 Å². The van der Waals surface area contributed by atoms with Crippen molar-refractivity contribution in [1.29, 1.82) is 0 Å². The van der Waals surface area contributed by atoms with E-state index in [9.17, 15) is 18.0 Å². The van der Waals surface area contributed by atoms with E-state index in [0.29, 0.717) is 49.5 Å². The Morgan fingerprint density at radius 2 is 1.59 bits per heavy atom. The number of carbonyl (C=O) groups is 2. The maximum atomic E-state index is 13.0. The van der Waals surface area contributed by atoms with Crippen molar-refractivity contribution < 1.29 is 18.0 Å². The number of rotatable bonds is 6. The molecule has 4 rings (SSSR count). The van der Waals surface area contributed by atoms with Gasteiger partial charge in [0.2, 0.25) is 10.0 Å². The molecule has 0 spiro atoms. The van der Waals surface area contributed by atoms with E-state index in [0.717, 1.165) is 37.9 Å². The maximum absolute atomic E-state index is 13.0. The number of para-hydroxylation sites is 1. The van der Waals surface area contributed by atoms with Gasteiger partial charge in [0, 0.05) is 51.4 Å². The number of nitrogens with zero attached hydrogens (tertiary/aromatic N) is 3. The second-order valence-electron chi connectivity index (χ2n) is 8.99. The van der Waals surface area contributed by atoms with Gasteiger partial charge in [0.05, 0.1) is 17.5 Å². The molecule has 2 heterocycles. The summed E-state index contributed by atoms with van der Waals surface area (Å²) in [5, 5.41) is 2.93. The van der Waals surface area contributed by atoms with Crippen molar-refractivity contribution in [3.05, 3.63) is 65.2 Å². The van der Waals surface area contributed by atoms with E-state index in [1.54, 1.807) is 18.2 Å². The Hall–Kier alpha value is -2.75. The van der Waals surface area contributed by atoms with E-state index in [4.69, 9.17) is 0 Å². The molecule has 0 bridgehead atoms. The maximum Gasteiger partial charge on any atom is 0.255 e. The molecule has 2 saturated heterocycles. The molecule has 0 aliphatic carbocycles. The van der Waals surface area contributed by atoms with Gasteiger partial charge in [0.15, 0.2) is 0 Å². The predicted octanol–water partition coefficient (Wildman–Crippen LogP) is 2.64. The summed E-state index contributed by atoms with van der Waals surface area (Å²) in [5.41, 5.74) is 2.54. The second-order valence-corrected chi connectivity index (χ2v) is 11.0. The molecule has 2 aliphatic heterocycles. The Morgan fingerprint density at radius 1 is 0.882 bits per heavy atom. The molecule has 2 amide bonds. The Labute approximate surface area is 201 Å². The van der Waals surface area contributed by atoms with E-state index in [2.05, 4.69) is 10.2 Å². The normalized spacial score (nSPS) is 18.0. The fourth-order valence-corrected chi connectivity index (χ4v) is 5.36. The third-order valence-electron chi connectivity index (χ3n) is 6.44. The average molecular weight is 485 g/mol. The Morgan fingerprint density at radius 3 is 2.29 bits per heavy atom. The summed E-state index contributed by atoms with van der Waals surface area (Å²) in [7, 11) is -3.16. The molecule has 0 atom stereocenters. The molecule has 2 fully saturated rings. The van der Waals surface area contributed by atoms with Crippen molar-refractivity contribution in [3.8, 4) is 0 Å². The summed E-state index contributed by atoms with van der Waals surface area (Å²) in [6, 6.07) is 14.6. The molecule has 9 heteroatoms. The number of amides is 2. The number of hydrogen-bond donors (Lipinski definition) is 1. The van der Waals surface area contributed by atoms with Gasteiger partial charge in [-0.15, -0.1) is 0 Å². The topological polar surface area (TPSA) is 90.0 Å². The van der Waals surface area contributed by atoms with Gasteiger partial charge in [-0.1, -0.05) is 24.3 Å². The van der Waals surface area contributed by atoms with Crippen LogP contribution in [0.25, 0.3) is 0 Å². The van der Waals surface area contributed by atoms with Crippen molar-refractivity contribution >= 4 is 27.5 Å². The molecule has 8 nitrogen and oxygen atoms in total. The minimum Gasteiger partial charge on any atom is -0.339 e. The van der Waals surface area contributed by atoms with Crippen LogP contribution >= 0.6 is 0 Å². The van der Waals surface area contributed by atoms with Crippen LogP contribution < -0.4 is 5.32 Å². The molecule has 0 unspecified atom stereocenters. The lowest BCUT2D eigenvalue weighted by molar-refractivity contribution is 0.0725. The minimum absolute atomic E-state index is 0.0439. The highest BCUT2D eigenvalue weighted by atomic mass is 32.2. The molecule has 34 heavy (non-hydrogen) atoms. The lowest BCUT2D eigenvalue weighted by Crippen LogP contribution is -2.47. The highest BCUT2D eigenvalue weighted by Crippen LogP contribution is 2.21. The third-order valence-corrected chi connectivity index (χ3v) is 7.75. The van der Waals surface area contributed by atoms with Crippen LogP contribution in [0, 0.1) is 0 Å². The number of anilines is 1. The highest BCUT2D eigenvalue weighted by Gasteiger charge is 2.24. The Bertz CT molecular complexity index is 1140. The molecule has 2 aliphatic rings. The standard InChI is InChI=1S/C25H32N4O4S/c1-34(32,33)29-16-14-27(15-17-29)19-20-8-7-9-21(18-20)24(30)26-23-11-4-3-10-22(23)25(31)28-12-5-2-6-13-28/h3-4,7-11,18H,2,5-6,12-17,19H2,1H3,(H,26,30). The van der Waals surface area contributed by atoms with E-state index in [1.165, 1.54) is 10.6 Å². The first-order valence-electron chi connectivity index (χ1n) is 11.8. The fraction of sp³-hybridized carbons (Fsp3) is 0.440. The molecule has 0 saturated carbocycles. The van der Waals surface area contributed by atoms with Crippen LogP contribution in [0.15, 0.2) is 48.5 Å². The van der Waals surface area contributed by atoms with E-state index < -0.39 is 10.0 Å². The van der Waals surface area contributed by atoms with E-state index >= 15 is 0 Å². The SMILES string of the molecule is CS(=O)(=O)N1CCN(Cc2cccc(C(=O)Nc3ccccc3C(=O)N3CCCCC3)c2)CC1. The molecule has 182 valence electrons. The number of likely N-dealkylation sites (tertiary alicyclic amines) is 1. The molecule has 2 aromatic rings. The summed E-state index contributed by atoms with van der Waals surface area (Å²) >= 11 is 0. The van der Waals surface area contributed by atoms with Crippen LogP contribution in [0.2, 0.25) is 0 Å². The number of carbonyl (C=O) groups excluding carboxylic acids is 2. The first-order valence-corrected chi connectivity index (χ1v) is 13.6. The quantitative estimate of drug-likeness (QED) is 0.681. The predicted molar refractivity (Wildman–Crippen MR) is 132 cm³/mol. The van der Waals surface area contributed by atoms with Gasteiger partial charge in [-0.25, -0.2) is 8.42 Å². The molecular formula is C25H32N4O4S. The smallest absolute Gasteiger partial charge is 0.255 e. The molecule has 2 aromatic carbocycles. The molecular weight excluding hydrogens is 452 g/mol. The van der Waals surface area contributed by atoms with Gasteiger partial charge in [-0.2, -0.15) is 4.31 Å². The number of piperazine rings is 1. The zero-order valence-corrected chi connectivity index (χ0v) is 20.4. The number of hydrogen-bond acceptors (Lipinski definition) is 5. The zero-order chi connectivity index (χ0) is 24.1. The zero-order valence-electron chi connectivity index (χ0n) is 19.6. The summed E-state index contributed by atoms with van der Waals surface area (Å²) in [6.45, 7) is 4.39. The first kappa shape index (κ1) is 24.4. The minimum atomic E-state index is -3.16. The first-order chi connectivity index (χ1) is 16.3. The van der Waals surface area contributed by atoms with E-state index in [-0.39, 0.29) is 11.8 Å². The van der Waals surface area contributed by atoms with Crippen LogP contribution in [0.1, 0.15) is 45.5 Å². The average Bonchev–Trinajstić information content (AvgIpc) is 2.84. The number of benzene rings is 2. The summed E-state index contributed by atoms with van der Waals surface area (Å²) in [5.74, 6) is -0.305. The molecule has 0 aromatic heterocycles. The highest BCUT2D eigenvalue weighted by molar-refractivity contribution is 7.88. The third kappa shape index (κ3) is 6.02. The number of nitrogens with one attached hydrogen (secondary N) is 1. The lowest BCUT2D eigenvalue weighted by atomic mass is 10.1. The molecule has 1 N–H and O–H groups in total. The fourth-order valence-electron chi connectivity index (χ4n) is 4.53. The Balaban J connectivity index is 1.41. The van der Waals surface area contributed by atoms with Crippen LogP contribution in [0.4, 0.5) is 5.69 Å². The van der Waals surface area contributed by atoms with Crippen molar-refractivity contribution in [3.63, 3.8) is 0 Å². The van der Waals surface area contributed by atoms with Crippen molar-refractivity contribution in [2.75, 3.05) is 50.8 Å². The molecule has 0 radical (unpaired) electrons.